The fraction of sp³-hybridized carbons (Fsp3) is 0.200. The molecule has 0 bridgehead atoms. The topological polar surface area (TPSA) is 66.0 Å². The van der Waals surface area contributed by atoms with Gasteiger partial charge < -0.3 is 10.5 Å². The van der Waals surface area contributed by atoms with Crippen LogP contribution in [0.15, 0.2) is 24.3 Å². The molecule has 5 nitrogen and oxygen atoms in total. The number of aromatic nitrogens is 3. The average molecular weight is 204 g/mol. The summed E-state index contributed by atoms with van der Waals surface area (Å²) < 4.78 is 6.90. The summed E-state index contributed by atoms with van der Waals surface area (Å²) in [5.74, 6) is 1.90. The third kappa shape index (κ3) is 1.63. The third-order valence-electron chi connectivity index (χ3n) is 2.16. The summed E-state index contributed by atoms with van der Waals surface area (Å²) in [6, 6.07) is 7.58. The van der Waals surface area contributed by atoms with Crippen molar-refractivity contribution in [1.29, 1.82) is 0 Å². The van der Waals surface area contributed by atoms with Crippen LogP contribution < -0.4 is 10.5 Å². The molecule has 2 aromatic rings. The highest BCUT2D eigenvalue weighted by atomic mass is 16.5. The van der Waals surface area contributed by atoms with Gasteiger partial charge in [-0.2, -0.15) is 0 Å². The molecule has 0 unspecified atom stereocenters. The van der Waals surface area contributed by atoms with Gasteiger partial charge in [0.25, 0.3) is 0 Å². The van der Waals surface area contributed by atoms with Crippen molar-refractivity contribution in [2.24, 2.45) is 0 Å². The lowest BCUT2D eigenvalue weighted by Crippen LogP contribution is -2.02. The number of nitrogens with zero attached hydrogens (tertiary/aromatic N) is 3. The van der Waals surface area contributed by atoms with Crippen LogP contribution in [0.5, 0.6) is 5.75 Å². The monoisotopic (exact) mass is 204 g/mol. The molecule has 15 heavy (non-hydrogen) atoms. The molecule has 1 aromatic carbocycles. The van der Waals surface area contributed by atoms with E-state index in [-0.39, 0.29) is 0 Å². The molecule has 5 heteroatoms. The van der Waals surface area contributed by atoms with Crippen LogP contribution in [0.4, 0.5) is 5.95 Å². The molecule has 2 rings (SSSR count). The molecule has 0 amide bonds. The van der Waals surface area contributed by atoms with E-state index in [0.29, 0.717) is 5.95 Å². The summed E-state index contributed by atoms with van der Waals surface area (Å²) in [4.78, 5) is 0. The van der Waals surface area contributed by atoms with E-state index in [4.69, 9.17) is 10.5 Å². The molecule has 0 saturated carbocycles. The number of hydrogen-bond acceptors (Lipinski definition) is 4. The van der Waals surface area contributed by atoms with E-state index in [1.165, 1.54) is 0 Å². The molecule has 0 aliphatic rings. The summed E-state index contributed by atoms with van der Waals surface area (Å²) in [6.07, 6.45) is 0. The molecular formula is C10H12N4O. The van der Waals surface area contributed by atoms with Gasteiger partial charge in [-0.3, -0.25) is 4.57 Å². The Morgan fingerprint density at radius 1 is 1.33 bits per heavy atom. The van der Waals surface area contributed by atoms with E-state index >= 15 is 0 Å². The molecule has 2 N–H and O–H groups in total. The Morgan fingerprint density at radius 3 is 2.73 bits per heavy atom. The molecule has 0 saturated heterocycles. The standard InChI is InChI=1S/C10H12N4O/c1-7-12-13-10(11)14(7)8-4-3-5-9(6-8)15-2/h3-6H,1-2H3,(H2,11,13). The Balaban J connectivity index is 2.53. The van der Waals surface area contributed by atoms with E-state index in [1.54, 1.807) is 11.7 Å². The highest BCUT2D eigenvalue weighted by Gasteiger charge is 2.07. The summed E-state index contributed by atoms with van der Waals surface area (Å²) in [5, 5.41) is 7.69. The average Bonchev–Trinajstić information content (AvgIpc) is 2.59. The minimum atomic E-state index is 0.376. The summed E-state index contributed by atoms with van der Waals surface area (Å²) in [6.45, 7) is 1.85. The Bertz CT molecular complexity index is 459. The maximum atomic E-state index is 5.71. The molecule has 0 atom stereocenters. The van der Waals surface area contributed by atoms with Crippen molar-refractivity contribution in [3.8, 4) is 11.4 Å². The van der Waals surface area contributed by atoms with Gasteiger partial charge in [-0.25, -0.2) is 0 Å². The van der Waals surface area contributed by atoms with Crippen LogP contribution in [-0.4, -0.2) is 21.9 Å². The summed E-state index contributed by atoms with van der Waals surface area (Å²) in [5.41, 5.74) is 6.61. The molecule has 0 fully saturated rings. The lowest BCUT2D eigenvalue weighted by Gasteiger charge is -2.07. The Morgan fingerprint density at radius 2 is 2.13 bits per heavy atom. The largest absolute Gasteiger partial charge is 0.497 e. The van der Waals surface area contributed by atoms with Gasteiger partial charge >= 0.3 is 0 Å². The van der Waals surface area contributed by atoms with E-state index in [2.05, 4.69) is 10.2 Å². The fourth-order valence-corrected chi connectivity index (χ4v) is 1.45. The van der Waals surface area contributed by atoms with Crippen molar-refractivity contribution in [2.75, 3.05) is 12.8 Å². The summed E-state index contributed by atoms with van der Waals surface area (Å²) in [7, 11) is 1.63. The van der Waals surface area contributed by atoms with Crippen molar-refractivity contribution >= 4 is 5.95 Å². The molecular weight excluding hydrogens is 192 g/mol. The Labute approximate surface area is 87.5 Å². The number of methoxy groups -OCH3 is 1. The van der Waals surface area contributed by atoms with Crippen LogP contribution in [0.1, 0.15) is 5.82 Å². The predicted molar refractivity (Wildman–Crippen MR) is 57.1 cm³/mol. The first kappa shape index (κ1) is 9.51. The van der Waals surface area contributed by atoms with Crippen molar-refractivity contribution in [1.82, 2.24) is 14.8 Å². The van der Waals surface area contributed by atoms with E-state index in [1.807, 2.05) is 31.2 Å². The zero-order valence-electron chi connectivity index (χ0n) is 8.64. The van der Waals surface area contributed by atoms with Crippen LogP contribution in [0.2, 0.25) is 0 Å². The van der Waals surface area contributed by atoms with Crippen LogP contribution in [0.3, 0.4) is 0 Å². The first-order valence-electron chi connectivity index (χ1n) is 4.54. The number of benzene rings is 1. The van der Waals surface area contributed by atoms with Crippen LogP contribution >= 0.6 is 0 Å². The number of nitrogens with two attached hydrogens (primary N) is 1. The van der Waals surface area contributed by atoms with Crippen molar-refractivity contribution < 1.29 is 4.74 Å². The second-order valence-electron chi connectivity index (χ2n) is 3.14. The first-order valence-corrected chi connectivity index (χ1v) is 4.54. The fourth-order valence-electron chi connectivity index (χ4n) is 1.45. The van der Waals surface area contributed by atoms with Gasteiger partial charge in [0.05, 0.1) is 12.8 Å². The quantitative estimate of drug-likeness (QED) is 0.797. The second-order valence-corrected chi connectivity index (χ2v) is 3.14. The SMILES string of the molecule is COc1cccc(-n2c(C)nnc2N)c1. The van der Waals surface area contributed by atoms with Crippen molar-refractivity contribution in [3.05, 3.63) is 30.1 Å². The molecule has 0 aliphatic heterocycles. The zero-order chi connectivity index (χ0) is 10.8. The van der Waals surface area contributed by atoms with Crippen LogP contribution in [0, 0.1) is 6.92 Å². The maximum absolute atomic E-state index is 5.71. The molecule has 0 aliphatic carbocycles. The number of nitrogen functional groups attached to an aromatic ring is 1. The highest BCUT2D eigenvalue weighted by molar-refractivity contribution is 5.44. The van der Waals surface area contributed by atoms with E-state index in [9.17, 15) is 0 Å². The lowest BCUT2D eigenvalue weighted by atomic mass is 10.3. The summed E-state index contributed by atoms with van der Waals surface area (Å²) >= 11 is 0. The Kier molecular flexibility index (Phi) is 2.29. The minimum absolute atomic E-state index is 0.376. The van der Waals surface area contributed by atoms with E-state index in [0.717, 1.165) is 17.3 Å². The van der Waals surface area contributed by atoms with Gasteiger partial charge in [0.2, 0.25) is 5.95 Å². The smallest absolute Gasteiger partial charge is 0.226 e. The first-order chi connectivity index (χ1) is 7.22. The third-order valence-corrected chi connectivity index (χ3v) is 2.16. The number of hydrogen-bond donors (Lipinski definition) is 1. The number of anilines is 1. The molecule has 1 heterocycles. The van der Waals surface area contributed by atoms with Gasteiger partial charge in [0.15, 0.2) is 0 Å². The zero-order valence-corrected chi connectivity index (χ0v) is 8.64. The second kappa shape index (κ2) is 3.61. The Hall–Kier alpha value is -2.04. The number of ether oxygens (including phenoxy) is 1. The van der Waals surface area contributed by atoms with E-state index < -0.39 is 0 Å². The van der Waals surface area contributed by atoms with Crippen molar-refractivity contribution in [2.45, 2.75) is 6.92 Å². The molecule has 0 spiro atoms. The van der Waals surface area contributed by atoms with Crippen LogP contribution in [-0.2, 0) is 0 Å². The van der Waals surface area contributed by atoms with Gasteiger partial charge in [-0.1, -0.05) is 6.07 Å². The molecule has 78 valence electrons. The number of aryl methyl sites for hydroxylation is 1. The van der Waals surface area contributed by atoms with Crippen molar-refractivity contribution in [3.63, 3.8) is 0 Å². The van der Waals surface area contributed by atoms with Gasteiger partial charge in [-0.15, -0.1) is 10.2 Å². The minimum Gasteiger partial charge on any atom is -0.497 e. The maximum Gasteiger partial charge on any atom is 0.226 e. The normalized spacial score (nSPS) is 10.3. The molecule has 0 radical (unpaired) electrons. The lowest BCUT2D eigenvalue weighted by molar-refractivity contribution is 0.414. The highest BCUT2D eigenvalue weighted by Crippen LogP contribution is 2.19. The predicted octanol–water partition coefficient (Wildman–Crippen LogP) is 1.17. The van der Waals surface area contributed by atoms with Crippen LogP contribution in [0.25, 0.3) is 5.69 Å². The number of rotatable bonds is 2. The van der Waals surface area contributed by atoms with Gasteiger partial charge in [0, 0.05) is 6.07 Å². The molecule has 1 aromatic heterocycles. The van der Waals surface area contributed by atoms with Gasteiger partial charge in [0.1, 0.15) is 11.6 Å². The van der Waals surface area contributed by atoms with Gasteiger partial charge in [-0.05, 0) is 19.1 Å².